The van der Waals surface area contributed by atoms with Crippen LogP contribution < -0.4 is 0 Å². The third kappa shape index (κ3) is 5.74. The second-order valence-electron chi connectivity index (χ2n) is 16.3. The highest BCUT2D eigenvalue weighted by Gasteiger charge is 2.44. The summed E-state index contributed by atoms with van der Waals surface area (Å²) in [5.74, 6) is -2.60. The first-order chi connectivity index (χ1) is 28.1. The Labute approximate surface area is 345 Å². The highest BCUT2D eigenvalue weighted by molar-refractivity contribution is 7.14. The first-order valence-electron chi connectivity index (χ1n) is 18.7. The largest absolute Gasteiger partial charge is 0.483 e. The third-order valence-electron chi connectivity index (χ3n) is 11.6. The summed E-state index contributed by atoms with van der Waals surface area (Å²) < 4.78 is 94.9. The van der Waals surface area contributed by atoms with Gasteiger partial charge in [0.05, 0.1) is 11.1 Å². The lowest BCUT2D eigenvalue weighted by atomic mass is 9.76. The molecule has 0 bridgehead atoms. The van der Waals surface area contributed by atoms with Crippen molar-refractivity contribution < 1.29 is 55.0 Å². The Kier molecular flexibility index (Phi) is 7.90. The number of hydrogen-bond donors (Lipinski definition) is 0. The maximum absolute atomic E-state index is 13.6. The minimum absolute atomic E-state index is 0.0570. The van der Waals surface area contributed by atoms with Gasteiger partial charge in [-0.05, 0) is 112 Å². The zero-order valence-corrected chi connectivity index (χ0v) is 33.4. The van der Waals surface area contributed by atoms with Crippen LogP contribution in [0.4, 0.5) is 26.3 Å². The van der Waals surface area contributed by atoms with Crippen molar-refractivity contribution in [1.82, 2.24) is 0 Å². The van der Waals surface area contributed by atoms with Crippen LogP contribution in [0.5, 0.6) is 0 Å². The van der Waals surface area contributed by atoms with Crippen LogP contribution >= 0.6 is 22.7 Å². The van der Waals surface area contributed by atoms with Crippen molar-refractivity contribution in [2.45, 2.75) is 51.2 Å². The van der Waals surface area contributed by atoms with E-state index < -0.39 is 57.8 Å². The number of hydrogen-bond acceptors (Lipinski definition) is 8. The fourth-order valence-corrected chi connectivity index (χ4v) is 11.2. The molecule has 0 spiro atoms. The van der Waals surface area contributed by atoms with Crippen molar-refractivity contribution >= 4 is 80.3 Å². The van der Waals surface area contributed by atoms with Crippen molar-refractivity contribution in [2.24, 2.45) is 11.8 Å². The maximum Gasteiger partial charge on any atom is 0.416 e. The molecule has 0 fully saturated rings. The molecule has 2 aliphatic heterocycles. The second-order valence-corrected chi connectivity index (χ2v) is 18.5. The average Bonchev–Trinajstić information content (AvgIpc) is 3.91. The summed E-state index contributed by atoms with van der Waals surface area (Å²) >= 11 is 2.68. The number of allylic oxidation sites excluding steroid dienone is 8. The summed E-state index contributed by atoms with van der Waals surface area (Å²) in [5.41, 5.74) is -0.865. The zero-order valence-electron chi connectivity index (χ0n) is 31.8. The molecule has 4 aromatic rings. The van der Waals surface area contributed by atoms with Gasteiger partial charge in [-0.15, -0.1) is 22.7 Å². The van der Waals surface area contributed by atoms with E-state index in [1.165, 1.54) is 34.8 Å². The summed E-state index contributed by atoms with van der Waals surface area (Å²) in [4.78, 5) is 54.6. The molecule has 302 valence electrons. The molecular formula is C46H28F6O6S2. The predicted molar refractivity (Wildman–Crippen MR) is 213 cm³/mol. The standard InChI is InChI=1S/C46H28F6O6S2/c1-43(2)33-17-23(15-29-27-13-21(45(47,48)49)5-7-25(27)37(53)39(29)55)59-41(33)31-9-20-12-36-32(10-19(20)11-35(31)57-43)42-34(44(3,4)58-36)18-24(60-42)16-30-28-14-22(46(50,51)52)6-8-26(28)38(54)40(30)56/h5-20H,1-4H3/b29-15-,30-16-. The smallest absolute Gasteiger partial charge is 0.416 e. The van der Waals surface area contributed by atoms with Gasteiger partial charge in [-0.3, -0.25) is 19.2 Å². The quantitative estimate of drug-likeness (QED) is 0.113. The van der Waals surface area contributed by atoms with Crippen LogP contribution in [0.3, 0.4) is 0 Å². The van der Waals surface area contributed by atoms with Crippen molar-refractivity contribution in [2.75, 3.05) is 0 Å². The molecule has 0 amide bonds. The molecule has 14 heteroatoms. The molecule has 4 heterocycles. The summed E-state index contributed by atoms with van der Waals surface area (Å²) in [6, 6.07) is 9.02. The van der Waals surface area contributed by atoms with E-state index in [0.29, 0.717) is 21.3 Å². The number of carbonyl (C=O) groups is 4. The van der Waals surface area contributed by atoms with Gasteiger partial charge in [0, 0.05) is 75.9 Å². The SMILES string of the molecule is CC1(C)OC2=CC3C=C4C(=CC3C=C2c2sc(/C=C3\C(=O)C(=O)c5ccc(C(F)(F)F)cc53)cc21)OC(C)(C)c1cc(/C=C2\C(=O)C(=O)c3ccc(C(F)(F)F)cc32)sc14. The van der Waals surface area contributed by atoms with Crippen LogP contribution in [0.15, 0.2) is 84.4 Å². The molecule has 2 atom stereocenters. The van der Waals surface area contributed by atoms with E-state index in [-0.39, 0.29) is 45.2 Å². The molecule has 0 saturated carbocycles. The summed E-state index contributed by atoms with van der Waals surface area (Å²) in [5, 5.41) is 0. The molecule has 6 aliphatic rings. The number of benzene rings is 2. The van der Waals surface area contributed by atoms with Gasteiger partial charge in [0.25, 0.3) is 0 Å². The van der Waals surface area contributed by atoms with Gasteiger partial charge in [-0.2, -0.15) is 26.3 Å². The van der Waals surface area contributed by atoms with Gasteiger partial charge in [-0.1, -0.05) is 12.2 Å². The van der Waals surface area contributed by atoms with Gasteiger partial charge in [0.1, 0.15) is 22.7 Å². The Morgan fingerprint density at radius 2 is 0.917 bits per heavy atom. The maximum atomic E-state index is 13.6. The van der Waals surface area contributed by atoms with E-state index in [2.05, 4.69) is 12.2 Å². The number of rotatable bonds is 2. The number of alkyl halides is 6. The van der Waals surface area contributed by atoms with Crippen LogP contribution in [-0.4, -0.2) is 23.1 Å². The topological polar surface area (TPSA) is 86.7 Å². The van der Waals surface area contributed by atoms with E-state index in [9.17, 15) is 45.5 Å². The van der Waals surface area contributed by atoms with Crippen molar-refractivity contribution in [1.29, 1.82) is 0 Å². The third-order valence-corrected chi connectivity index (χ3v) is 13.9. The first-order valence-corrected chi connectivity index (χ1v) is 20.3. The molecule has 2 aromatic carbocycles. The molecule has 2 unspecified atom stereocenters. The molecule has 2 aromatic heterocycles. The minimum atomic E-state index is -4.66. The Hall–Kier alpha value is -5.86. The summed E-state index contributed by atoms with van der Waals surface area (Å²) in [7, 11) is 0. The lowest BCUT2D eigenvalue weighted by Gasteiger charge is -2.40. The molecule has 60 heavy (non-hydrogen) atoms. The van der Waals surface area contributed by atoms with E-state index in [1.807, 2.05) is 52.0 Å². The fourth-order valence-electron chi connectivity index (χ4n) is 8.68. The molecule has 0 saturated heterocycles. The fraction of sp³-hybridized carbons (Fsp3) is 0.217. The monoisotopic (exact) mass is 854 g/mol. The average molecular weight is 855 g/mol. The number of ether oxygens (including phenoxy) is 2. The van der Waals surface area contributed by atoms with E-state index >= 15 is 0 Å². The molecule has 0 radical (unpaired) electrons. The lowest BCUT2D eigenvalue weighted by molar-refractivity contribution is -0.138. The molecule has 6 nitrogen and oxygen atoms in total. The van der Waals surface area contributed by atoms with Crippen molar-refractivity contribution in [3.63, 3.8) is 0 Å². The number of thiophene rings is 2. The van der Waals surface area contributed by atoms with E-state index in [1.54, 1.807) is 0 Å². The highest BCUT2D eigenvalue weighted by Crippen LogP contribution is 2.55. The molecular weight excluding hydrogens is 827 g/mol. The van der Waals surface area contributed by atoms with E-state index in [0.717, 1.165) is 68.4 Å². The van der Waals surface area contributed by atoms with Crippen molar-refractivity contribution in [3.8, 4) is 0 Å². The minimum Gasteiger partial charge on any atom is -0.483 e. The number of fused-ring (bicyclic) bond motifs is 9. The van der Waals surface area contributed by atoms with Gasteiger partial charge in [0.15, 0.2) is 0 Å². The van der Waals surface area contributed by atoms with Crippen LogP contribution in [0.25, 0.3) is 34.4 Å². The van der Waals surface area contributed by atoms with E-state index in [4.69, 9.17) is 9.47 Å². The first kappa shape index (κ1) is 38.3. The van der Waals surface area contributed by atoms with Crippen LogP contribution in [0, 0.1) is 11.8 Å². The zero-order chi connectivity index (χ0) is 42.6. The van der Waals surface area contributed by atoms with Gasteiger partial charge < -0.3 is 9.47 Å². The number of carbonyl (C=O) groups excluding carboxylic acids is 4. The van der Waals surface area contributed by atoms with Crippen LogP contribution in [0.2, 0.25) is 0 Å². The number of Topliss-reactive ketones (excluding diaryl/α,β-unsaturated/α-hetero) is 4. The Balaban J connectivity index is 1.01. The Bertz CT molecular complexity index is 2740. The highest BCUT2D eigenvalue weighted by atomic mass is 32.1. The molecule has 4 aliphatic carbocycles. The second kappa shape index (κ2) is 12.4. The Morgan fingerprint density at radius 3 is 1.28 bits per heavy atom. The van der Waals surface area contributed by atoms with Gasteiger partial charge >= 0.3 is 12.4 Å². The van der Waals surface area contributed by atoms with Crippen molar-refractivity contribution in [3.05, 3.63) is 148 Å². The number of halogens is 6. The normalized spacial score (nSPS) is 23.3. The van der Waals surface area contributed by atoms with Crippen LogP contribution in [0.1, 0.15) is 101 Å². The lowest BCUT2D eigenvalue weighted by Crippen LogP contribution is -2.31. The molecule has 10 rings (SSSR count). The van der Waals surface area contributed by atoms with Gasteiger partial charge in [-0.25, -0.2) is 0 Å². The van der Waals surface area contributed by atoms with Gasteiger partial charge in [0.2, 0.25) is 23.1 Å². The summed E-state index contributed by atoms with van der Waals surface area (Å²) in [6.07, 6.45) is 1.80. The predicted octanol–water partition coefficient (Wildman–Crippen LogP) is 11.5. The summed E-state index contributed by atoms with van der Waals surface area (Å²) in [6.45, 7) is 7.56. The Morgan fingerprint density at radius 1 is 0.533 bits per heavy atom. The molecule has 0 N–H and O–H groups in total. The van der Waals surface area contributed by atoms with Crippen LogP contribution in [-0.2, 0) is 42.6 Å². The number of ketones is 4.